The smallest absolute Gasteiger partial charge is 0.253 e. The van der Waals surface area contributed by atoms with Crippen molar-refractivity contribution in [1.82, 2.24) is 14.9 Å². The Hall–Kier alpha value is -2.62. The van der Waals surface area contributed by atoms with Gasteiger partial charge < -0.3 is 9.88 Å². The molecule has 1 N–H and O–H groups in total. The van der Waals surface area contributed by atoms with Gasteiger partial charge in [0.2, 0.25) is 0 Å². The predicted octanol–water partition coefficient (Wildman–Crippen LogP) is 4.86. The maximum absolute atomic E-state index is 13.0. The van der Waals surface area contributed by atoms with Crippen LogP contribution in [0.3, 0.4) is 0 Å². The molecule has 0 aliphatic heterocycles. The van der Waals surface area contributed by atoms with Gasteiger partial charge in [-0.05, 0) is 80.0 Å². The summed E-state index contributed by atoms with van der Waals surface area (Å²) in [5.41, 5.74) is 4.24. The molecule has 4 aliphatic rings. The van der Waals surface area contributed by atoms with E-state index in [0.717, 1.165) is 29.9 Å². The van der Waals surface area contributed by atoms with Crippen LogP contribution in [0, 0.1) is 17.8 Å². The molecule has 30 heavy (non-hydrogen) atoms. The summed E-state index contributed by atoms with van der Waals surface area (Å²) in [6.07, 6.45) is 12.4. The highest BCUT2D eigenvalue weighted by Crippen LogP contribution is 2.55. The monoisotopic (exact) mass is 399 g/mol. The lowest BCUT2D eigenvalue weighted by Crippen LogP contribution is -2.59. The first-order valence-corrected chi connectivity index (χ1v) is 11.4. The maximum atomic E-state index is 13.0. The molecular formula is C26H29N3O. The zero-order chi connectivity index (χ0) is 20.3. The van der Waals surface area contributed by atoms with Crippen LogP contribution in [-0.4, -0.2) is 21.0 Å². The highest BCUT2D eigenvalue weighted by molar-refractivity contribution is 5.94. The van der Waals surface area contributed by atoms with Gasteiger partial charge in [0.15, 0.2) is 0 Å². The highest BCUT2D eigenvalue weighted by atomic mass is 16.1. The van der Waals surface area contributed by atoms with Gasteiger partial charge in [-0.3, -0.25) is 9.78 Å². The largest absolute Gasteiger partial charge is 0.350 e. The quantitative estimate of drug-likeness (QED) is 0.681. The van der Waals surface area contributed by atoms with Crippen LogP contribution in [0.1, 0.15) is 60.1 Å². The summed E-state index contributed by atoms with van der Waals surface area (Å²) in [6, 6.07) is 12.4. The summed E-state index contributed by atoms with van der Waals surface area (Å²) in [6.45, 7) is 0. The number of pyridine rings is 1. The molecule has 154 valence electrons. The fourth-order valence-electron chi connectivity index (χ4n) is 7.00. The lowest BCUT2D eigenvalue weighted by molar-refractivity contribution is -0.0167. The van der Waals surface area contributed by atoms with Gasteiger partial charge in [0.25, 0.3) is 5.91 Å². The van der Waals surface area contributed by atoms with Gasteiger partial charge in [-0.2, -0.15) is 0 Å². The molecular weight excluding hydrogens is 370 g/mol. The molecule has 4 aliphatic carbocycles. The van der Waals surface area contributed by atoms with Crippen molar-refractivity contribution in [3.05, 3.63) is 65.6 Å². The summed E-state index contributed by atoms with van der Waals surface area (Å²) in [7, 11) is 2.08. The number of aryl methyl sites for hydroxylation is 1. The van der Waals surface area contributed by atoms with Gasteiger partial charge in [-0.15, -0.1) is 0 Å². The van der Waals surface area contributed by atoms with E-state index in [-0.39, 0.29) is 11.4 Å². The average Bonchev–Trinajstić information content (AvgIpc) is 3.03. The Balaban J connectivity index is 1.18. The number of nitrogens with one attached hydrogen (secondary N) is 1. The Kier molecular flexibility index (Phi) is 4.06. The molecule has 4 saturated carbocycles. The molecule has 2 heterocycles. The minimum Gasteiger partial charge on any atom is -0.350 e. The van der Waals surface area contributed by atoms with Crippen LogP contribution in [0.15, 0.2) is 48.8 Å². The van der Waals surface area contributed by atoms with Crippen LogP contribution in [0.2, 0.25) is 0 Å². The van der Waals surface area contributed by atoms with Gasteiger partial charge in [-0.25, -0.2) is 0 Å². The minimum absolute atomic E-state index is 0.0491. The summed E-state index contributed by atoms with van der Waals surface area (Å²) in [5.74, 6) is 2.55. The van der Waals surface area contributed by atoms with Crippen molar-refractivity contribution in [1.29, 1.82) is 0 Å². The average molecular weight is 400 g/mol. The molecule has 3 aromatic rings. The molecule has 1 amide bonds. The van der Waals surface area contributed by atoms with Gasteiger partial charge in [0.1, 0.15) is 0 Å². The molecule has 0 unspecified atom stereocenters. The first kappa shape index (κ1) is 18.2. The summed E-state index contributed by atoms with van der Waals surface area (Å²) in [5, 5.41) is 4.72. The van der Waals surface area contributed by atoms with E-state index in [1.807, 2.05) is 12.1 Å². The van der Waals surface area contributed by atoms with Crippen LogP contribution >= 0.6 is 0 Å². The predicted molar refractivity (Wildman–Crippen MR) is 118 cm³/mol. The SMILES string of the molecule is Cn1cc(Cc2ccc(C(=O)NC34CC5CC(CC(C5)C3)C4)cn2)c2ccccc21. The van der Waals surface area contributed by atoms with Gasteiger partial charge in [0.05, 0.1) is 5.56 Å². The van der Waals surface area contributed by atoms with Crippen LogP contribution in [0.25, 0.3) is 10.9 Å². The lowest BCUT2D eigenvalue weighted by Gasteiger charge is -2.56. The number of hydrogen-bond acceptors (Lipinski definition) is 2. The molecule has 1 aromatic carbocycles. The van der Waals surface area contributed by atoms with Crippen molar-refractivity contribution < 1.29 is 4.79 Å². The van der Waals surface area contributed by atoms with E-state index in [0.29, 0.717) is 5.56 Å². The topological polar surface area (TPSA) is 46.9 Å². The second-order valence-corrected chi connectivity index (χ2v) is 10.1. The summed E-state index contributed by atoms with van der Waals surface area (Å²) in [4.78, 5) is 17.7. The fourth-order valence-corrected chi connectivity index (χ4v) is 7.00. The van der Waals surface area contributed by atoms with Crippen LogP contribution in [-0.2, 0) is 13.5 Å². The molecule has 2 aromatic heterocycles. The number of para-hydroxylation sites is 1. The van der Waals surface area contributed by atoms with E-state index in [1.165, 1.54) is 55.0 Å². The van der Waals surface area contributed by atoms with E-state index in [4.69, 9.17) is 0 Å². The highest BCUT2D eigenvalue weighted by Gasteiger charge is 2.51. The van der Waals surface area contributed by atoms with E-state index >= 15 is 0 Å². The number of benzene rings is 1. The van der Waals surface area contributed by atoms with Crippen molar-refractivity contribution in [2.45, 2.75) is 50.5 Å². The number of nitrogens with zero attached hydrogens (tertiary/aromatic N) is 2. The van der Waals surface area contributed by atoms with Gasteiger partial charge in [-0.1, -0.05) is 18.2 Å². The van der Waals surface area contributed by atoms with Gasteiger partial charge in [0, 0.05) is 48.0 Å². The second-order valence-electron chi connectivity index (χ2n) is 10.1. The Morgan fingerprint density at radius 2 is 1.77 bits per heavy atom. The zero-order valence-electron chi connectivity index (χ0n) is 17.6. The molecule has 0 radical (unpaired) electrons. The molecule has 0 spiro atoms. The van der Waals surface area contributed by atoms with E-state index in [2.05, 4.69) is 52.4 Å². The Bertz CT molecular complexity index is 1080. The summed E-state index contributed by atoms with van der Waals surface area (Å²) >= 11 is 0. The first-order valence-electron chi connectivity index (χ1n) is 11.4. The van der Waals surface area contributed by atoms with Crippen LogP contribution < -0.4 is 5.32 Å². The number of aromatic nitrogens is 2. The molecule has 7 rings (SSSR count). The third-order valence-corrected chi connectivity index (χ3v) is 7.85. The van der Waals surface area contributed by atoms with Crippen molar-refractivity contribution in [2.75, 3.05) is 0 Å². The number of hydrogen-bond donors (Lipinski definition) is 1. The molecule has 0 saturated heterocycles. The standard InChI is InChI=1S/C26H29N3O/c1-29-16-21(23-4-2-3-5-24(23)29)11-22-7-6-20(15-27-22)25(30)28-26-12-17-8-18(13-26)10-19(9-17)14-26/h2-7,15-19H,8-14H2,1H3,(H,28,30). The molecule has 4 fully saturated rings. The zero-order valence-corrected chi connectivity index (χ0v) is 17.6. The number of rotatable bonds is 4. The third-order valence-electron chi connectivity index (χ3n) is 7.85. The fraction of sp³-hybridized carbons (Fsp3) is 0.462. The maximum Gasteiger partial charge on any atom is 0.253 e. The minimum atomic E-state index is 0.0491. The van der Waals surface area contributed by atoms with E-state index < -0.39 is 0 Å². The van der Waals surface area contributed by atoms with E-state index in [9.17, 15) is 4.79 Å². The lowest BCUT2D eigenvalue weighted by atomic mass is 9.53. The van der Waals surface area contributed by atoms with Crippen molar-refractivity contribution in [2.24, 2.45) is 24.8 Å². The van der Waals surface area contributed by atoms with E-state index in [1.54, 1.807) is 6.20 Å². The number of carbonyl (C=O) groups excluding carboxylic acids is 1. The van der Waals surface area contributed by atoms with Crippen molar-refractivity contribution >= 4 is 16.8 Å². The summed E-state index contributed by atoms with van der Waals surface area (Å²) < 4.78 is 2.16. The van der Waals surface area contributed by atoms with Crippen LogP contribution in [0.4, 0.5) is 0 Å². The normalized spacial score (nSPS) is 29.4. The number of amides is 1. The van der Waals surface area contributed by atoms with Crippen LogP contribution in [0.5, 0.6) is 0 Å². The van der Waals surface area contributed by atoms with Crippen molar-refractivity contribution in [3.8, 4) is 0 Å². The number of fused-ring (bicyclic) bond motifs is 1. The third kappa shape index (κ3) is 3.05. The Morgan fingerprint density at radius 3 is 2.43 bits per heavy atom. The van der Waals surface area contributed by atoms with Crippen molar-refractivity contribution in [3.63, 3.8) is 0 Å². The number of carbonyl (C=O) groups is 1. The molecule has 0 atom stereocenters. The molecule has 4 nitrogen and oxygen atoms in total. The Morgan fingerprint density at radius 1 is 1.07 bits per heavy atom. The first-order chi connectivity index (χ1) is 14.6. The Labute approximate surface area is 177 Å². The molecule has 4 bridgehead atoms. The second kappa shape index (κ2) is 6.69. The van der Waals surface area contributed by atoms with Gasteiger partial charge >= 0.3 is 0 Å². The molecule has 4 heteroatoms.